The summed E-state index contributed by atoms with van der Waals surface area (Å²) in [5.41, 5.74) is 2.58. The lowest BCUT2D eigenvalue weighted by Crippen LogP contribution is -2.39. The molecule has 0 spiro atoms. The molecule has 1 amide bonds. The summed E-state index contributed by atoms with van der Waals surface area (Å²) in [5.74, 6) is 0.875. The molecule has 0 bridgehead atoms. The zero-order valence-corrected chi connectivity index (χ0v) is 19.5. The first-order valence-electron chi connectivity index (χ1n) is 9.55. The van der Waals surface area contributed by atoms with Gasteiger partial charge in [-0.1, -0.05) is 66.7 Å². The van der Waals surface area contributed by atoms with Gasteiger partial charge in [-0.05, 0) is 17.5 Å². The number of aliphatic imine (C=N–C) groups is 1. The van der Waals surface area contributed by atoms with E-state index in [-0.39, 0.29) is 36.4 Å². The predicted molar refractivity (Wildman–Crippen MR) is 132 cm³/mol. The van der Waals surface area contributed by atoms with Crippen LogP contribution < -0.4 is 10.6 Å². The maximum atomic E-state index is 11.8. The van der Waals surface area contributed by atoms with Crippen LogP contribution in [0, 0.1) is 0 Å². The zero-order chi connectivity index (χ0) is 20.2. The van der Waals surface area contributed by atoms with Gasteiger partial charge in [-0.3, -0.25) is 4.79 Å². The van der Waals surface area contributed by atoms with E-state index >= 15 is 0 Å². The predicted octanol–water partition coefficient (Wildman–Crippen LogP) is 3.64. The Labute approximate surface area is 191 Å². The first-order valence-corrected chi connectivity index (χ1v) is 9.55. The Bertz CT molecular complexity index is 723. The summed E-state index contributed by atoms with van der Waals surface area (Å²) in [5, 5.41) is 6.51. The molecule has 2 rings (SSSR count). The van der Waals surface area contributed by atoms with Crippen molar-refractivity contribution in [3.8, 4) is 0 Å². The molecule has 2 N–H and O–H groups in total. The summed E-state index contributed by atoms with van der Waals surface area (Å²) >= 11 is 0. The Morgan fingerprint density at radius 1 is 1.03 bits per heavy atom. The van der Waals surface area contributed by atoms with Gasteiger partial charge in [-0.2, -0.15) is 0 Å². The summed E-state index contributed by atoms with van der Waals surface area (Å²) < 4.78 is 0. The van der Waals surface area contributed by atoms with Gasteiger partial charge in [0.2, 0.25) is 5.91 Å². The Morgan fingerprint density at radius 3 is 2.07 bits per heavy atom. The Morgan fingerprint density at radius 2 is 1.59 bits per heavy atom. The number of carbonyl (C=O) groups excluding carboxylic acids is 1. The number of nitrogens with one attached hydrogen (secondary N) is 2. The highest BCUT2D eigenvalue weighted by Gasteiger charge is 2.14. The molecular formula is C23H31IN4O. The van der Waals surface area contributed by atoms with Crippen LogP contribution >= 0.6 is 24.0 Å². The van der Waals surface area contributed by atoms with Crippen molar-refractivity contribution in [2.45, 2.75) is 12.3 Å². The minimum Gasteiger partial charge on any atom is -0.356 e. The lowest BCUT2D eigenvalue weighted by molar-refractivity contribution is -0.127. The van der Waals surface area contributed by atoms with E-state index in [4.69, 9.17) is 0 Å². The fourth-order valence-electron chi connectivity index (χ4n) is 2.86. The van der Waals surface area contributed by atoms with E-state index in [0.717, 1.165) is 13.0 Å². The van der Waals surface area contributed by atoms with Crippen molar-refractivity contribution in [1.82, 2.24) is 15.5 Å². The molecule has 6 heteroatoms. The standard InChI is InChI=1S/C23H30N4O.HI/c1-4-16-24-23(26-18-22(28)27(2)3)25-17-15-21(19-11-7-5-8-12-19)20-13-9-6-10-14-20;/h4-14,21H,1,15-18H2,2-3H3,(H2,24,25,26);1H. The van der Waals surface area contributed by atoms with Crippen molar-refractivity contribution < 1.29 is 4.79 Å². The molecule has 0 aromatic heterocycles. The molecule has 5 nitrogen and oxygen atoms in total. The fourth-order valence-corrected chi connectivity index (χ4v) is 2.86. The second-order valence-electron chi connectivity index (χ2n) is 6.71. The molecule has 2 aromatic carbocycles. The highest BCUT2D eigenvalue weighted by Crippen LogP contribution is 2.27. The van der Waals surface area contributed by atoms with Gasteiger partial charge >= 0.3 is 0 Å². The van der Waals surface area contributed by atoms with Crippen LogP contribution in [0.2, 0.25) is 0 Å². The van der Waals surface area contributed by atoms with Crippen LogP contribution in [0.15, 0.2) is 78.3 Å². The number of benzene rings is 2. The van der Waals surface area contributed by atoms with Crippen LogP contribution in [0.4, 0.5) is 0 Å². The zero-order valence-electron chi connectivity index (χ0n) is 17.2. The van der Waals surface area contributed by atoms with E-state index in [1.807, 2.05) is 12.1 Å². The summed E-state index contributed by atoms with van der Waals surface area (Å²) in [6, 6.07) is 21.0. The molecule has 0 fully saturated rings. The van der Waals surface area contributed by atoms with E-state index in [0.29, 0.717) is 18.4 Å². The van der Waals surface area contributed by atoms with Crippen molar-refractivity contribution >= 4 is 35.8 Å². The van der Waals surface area contributed by atoms with Gasteiger partial charge in [0.25, 0.3) is 0 Å². The van der Waals surface area contributed by atoms with E-state index in [9.17, 15) is 4.79 Å². The highest BCUT2D eigenvalue weighted by molar-refractivity contribution is 14.0. The van der Waals surface area contributed by atoms with Crippen LogP contribution in [0.5, 0.6) is 0 Å². The van der Waals surface area contributed by atoms with Gasteiger partial charge in [0.1, 0.15) is 6.54 Å². The molecule has 0 aliphatic heterocycles. The number of amides is 1. The number of rotatable bonds is 9. The van der Waals surface area contributed by atoms with Crippen molar-refractivity contribution in [2.24, 2.45) is 4.99 Å². The second-order valence-corrected chi connectivity index (χ2v) is 6.71. The monoisotopic (exact) mass is 506 g/mol. The number of halogens is 1. The van der Waals surface area contributed by atoms with E-state index in [1.165, 1.54) is 16.0 Å². The largest absolute Gasteiger partial charge is 0.356 e. The lowest BCUT2D eigenvalue weighted by Gasteiger charge is -2.19. The minimum atomic E-state index is -0.0360. The Kier molecular flexibility index (Phi) is 11.7. The Hall–Kier alpha value is -2.35. The maximum absolute atomic E-state index is 11.8. The van der Waals surface area contributed by atoms with Crippen LogP contribution in [-0.4, -0.2) is 50.5 Å². The average molecular weight is 506 g/mol. The van der Waals surface area contributed by atoms with E-state index in [2.05, 4.69) is 70.7 Å². The summed E-state index contributed by atoms with van der Waals surface area (Å²) in [4.78, 5) is 17.7. The molecule has 0 radical (unpaired) electrons. The molecule has 0 aliphatic rings. The van der Waals surface area contributed by atoms with Gasteiger partial charge in [0.05, 0.1) is 0 Å². The van der Waals surface area contributed by atoms with Crippen molar-refractivity contribution in [2.75, 3.05) is 33.7 Å². The maximum Gasteiger partial charge on any atom is 0.243 e. The van der Waals surface area contributed by atoms with Gasteiger partial charge in [0, 0.05) is 33.1 Å². The van der Waals surface area contributed by atoms with Crippen LogP contribution in [0.25, 0.3) is 0 Å². The number of guanidine groups is 1. The molecule has 0 saturated carbocycles. The fraction of sp³-hybridized carbons (Fsp3) is 0.304. The molecule has 0 unspecified atom stereocenters. The third kappa shape index (κ3) is 8.68. The summed E-state index contributed by atoms with van der Waals surface area (Å²) in [6.07, 6.45) is 2.67. The average Bonchev–Trinajstić information content (AvgIpc) is 2.73. The summed E-state index contributed by atoms with van der Waals surface area (Å²) in [7, 11) is 3.46. The van der Waals surface area contributed by atoms with Crippen LogP contribution in [-0.2, 0) is 4.79 Å². The van der Waals surface area contributed by atoms with Crippen molar-refractivity contribution in [3.05, 3.63) is 84.4 Å². The topological polar surface area (TPSA) is 56.7 Å². The van der Waals surface area contributed by atoms with Crippen molar-refractivity contribution in [1.29, 1.82) is 0 Å². The van der Waals surface area contributed by atoms with Crippen LogP contribution in [0.1, 0.15) is 23.5 Å². The quantitative estimate of drug-likeness (QED) is 0.237. The van der Waals surface area contributed by atoms with Crippen LogP contribution in [0.3, 0.4) is 0 Å². The van der Waals surface area contributed by atoms with Gasteiger partial charge in [0.15, 0.2) is 5.96 Å². The number of nitrogens with zero attached hydrogens (tertiary/aromatic N) is 2. The normalized spacial score (nSPS) is 10.8. The van der Waals surface area contributed by atoms with Gasteiger partial charge in [-0.15, -0.1) is 30.6 Å². The molecule has 156 valence electrons. The number of hydrogen-bond acceptors (Lipinski definition) is 2. The van der Waals surface area contributed by atoms with Gasteiger partial charge in [-0.25, -0.2) is 4.99 Å². The lowest BCUT2D eigenvalue weighted by atomic mass is 9.88. The summed E-state index contributed by atoms with van der Waals surface area (Å²) in [6.45, 7) is 5.15. The van der Waals surface area contributed by atoms with E-state index < -0.39 is 0 Å². The first kappa shape index (κ1) is 24.7. The third-order valence-electron chi connectivity index (χ3n) is 4.41. The number of likely N-dealkylation sites (N-methyl/N-ethyl adjacent to an activating group) is 1. The molecule has 0 aliphatic carbocycles. The molecule has 29 heavy (non-hydrogen) atoms. The second kappa shape index (κ2) is 13.8. The minimum absolute atomic E-state index is 0. The van der Waals surface area contributed by atoms with Crippen molar-refractivity contribution in [3.63, 3.8) is 0 Å². The molecule has 0 heterocycles. The van der Waals surface area contributed by atoms with E-state index in [1.54, 1.807) is 20.2 Å². The Balaban J connectivity index is 0.00000420. The van der Waals surface area contributed by atoms with Gasteiger partial charge < -0.3 is 15.5 Å². The first-order chi connectivity index (χ1) is 13.6. The molecule has 0 saturated heterocycles. The molecule has 0 atom stereocenters. The third-order valence-corrected chi connectivity index (χ3v) is 4.41. The molecule has 2 aromatic rings. The highest BCUT2D eigenvalue weighted by atomic mass is 127. The molecular weight excluding hydrogens is 475 g/mol. The number of carbonyl (C=O) groups is 1. The smallest absolute Gasteiger partial charge is 0.243 e. The SMILES string of the molecule is C=CCNC(=NCC(=O)N(C)C)NCCC(c1ccccc1)c1ccccc1.I. The number of hydrogen-bond donors (Lipinski definition) is 2.